The van der Waals surface area contributed by atoms with Crippen molar-refractivity contribution in [2.24, 2.45) is 0 Å². The maximum absolute atomic E-state index is 11.9. The Hall–Kier alpha value is -2.38. The van der Waals surface area contributed by atoms with Gasteiger partial charge >= 0.3 is 5.97 Å². The van der Waals surface area contributed by atoms with Gasteiger partial charge in [0, 0.05) is 23.3 Å². The molecule has 0 saturated carbocycles. The van der Waals surface area contributed by atoms with Gasteiger partial charge < -0.3 is 4.74 Å². The van der Waals surface area contributed by atoms with E-state index in [1.165, 1.54) is 7.11 Å². The predicted octanol–water partition coefficient (Wildman–Crippen LogP) is 1.67. The van der Waals surface area contributed by atoms with Crippen molar-refractivity contribution in [3.63, 3.8) is 0 Å². The number of fused-ring (bicyclic) bond motifs is 1. The molecule has 0 spiro atoms. The summed E-state index contributed by atoms with van der Waals surface area (Å²) in [5.41, 5.74) is 0.764. The summed E-state index contributed by atoms with van der Waals surface area (Å²) >= 11 is 0. The Morgan fingerprint density at radius 1 is 1.47 bits per heavy atom. The van der Waals surface area contributed by atoms with Crippen LogP contribution in [0.2, 0.25) is 0 Å². The highest BCUT2D eigenvalue weighted by molar-refractivity contribution is 5.90. The second-order valence-electron chi connectivity index (χ2n) is 3.99. The van der Waals surface area contributed by atoms with Crippen molar-refractivity contribution < 1.29 is 9.53 Å². The molecule has 2 aromatic rings. The molecule has 0 radical (unpaired) electrons. The molecule has 96 valence electrons. The zero-order valence-corrected chi connectivity index (χ0v) is 10.6. The average Bonchev–Trinajstić information content (AvgIpc) is 2.47. The monoisotopic (exact) mass is 254 g/mol. The number of hydrogen-bond acceptors (Lipinski definition) is 4. The molecule has 0 aliphatic carbocycles. The third-order valence-electron chi connectivity index (χ3n) is 2.86. The summed E-state index contributed by atoms with van der Waals surface area (Å²) in [6.45, 7) is 0.281. The van der Waals surface area contributed by atoms with Gasteiger partial charge in [-0.15, -0.1) is 6.42 Å². The Labute approximate surface area is 111 Å². The number of benzene rings is 1. The second-order valence-corrected chi connectivity index (χ2v) is 3.99. The molecule has 0 aliphatic heterocycles. The molecule has 1 heterocycles. The number of terminal acetylenes is 1. The summed E-state index contributed by atoms with van der Waals surface area (Å²) in [5.74, 6) is 2.07. The topological polar surface area (TPSA) is 51.2 Å². The highest BCUT2D eigenvalue weighted by Gasteiger charge is 2.22. The highest BCUT2D eigenvalue weighted by Crippen LogP contribution is 2.23. The van der Waals surface area contributed by atoms with Gasteiger partial charge in [0.1, 0.15) is 6.04 Å². The van der Waals surface area contributed by atoms with E-state index in [4.69, 9.17) is 11.2 Å². The zero-order valence-electron chi connectivity index (χ0n) is 10.6. The van der Waals surface area contributed by atoms with Crippen LogP contribution in [0.25, 0.3) is 10.8 Å². The summed E-state index contributed by atoms with van der Waals surface area (Å²) in [6.07, 6.45) is 8.65. The minimum atomic E-state index is -0.611. The molecule has 4 heteroatoms. The number of rotatable bonds is 4. The number of pyridine rings is 1. The number of nitrogens with one attached hydrogen (secondary N) is 1. The summed E-state index contributed by atoms with van der Waals surface area (Å²) < 4.78 is 4.81. The maximum Gasteiger partial charge on any atom is 0.327 e. The zero-order chi connectivity index (χ0) is 13.7. The normalized spacial score (nSPS) is 11.8. The Balaban J connectivity index is 2.49. The van der Waals surface area contributed by atoms with Gasteiger partial charge in [0.05, 0.1) is 13.7 Å². The molecular formula is C15H14N2O2. The van der Waals surface area contributed by atoms with E-state index < -0.39 is 6.04 Å². The average molecular weight is 254 g/mol. The van der Waals surface area contributed by atoms with E-state index in [1.54, 1.807) is 12.4 Å². The summed E-state index contributed by atoms with van der Waals surface area (Å²) in [4.78, 5) is 16.0. The van der Waals surface area contributed by atoms with Gasteiger partial charge in [0.25, 0.3) is 0 Å². The van der Waals surface area contributed by atoms with Crippen LogP contribution in [0.3, 0.4) is 0 Å². The molecule has 1 N–H and O–H groups in total. The number of esters is 1. The molecule has 0 fully saturated rings. The van der Waals surface area contributed by atoms with Crippen LogP contribution in [0.15, 0.2) is 36.7 Å². The van der Waals surface area contributed by atoms with Crippen molar-refractivity contribution in [3.05, 3.63) is 42.2 Å². The van der Waals surface area contributed by atoms with E-state index in [0.29, 0.717) is 0 Å². The Morgan fingerprint density at radius 3 is 3.00 bits per heavy atom. The minimum Gasteiger partial charge on any atom is -0.468 e. The van der Waals surface area contributed by atoms with Crippen LogP contribution in [-0.4, -0.2) is 24.6 Å². The molecule has 1 aromatic heterocycles. The van der Waals surface area contributed by atoms with Gasteiger partial charge in [-0.25, -0.2) is 4.79 Å². The van der Waals surface area contributed by atoms with Crippen LogP contribution in [-0.2, 0) is 9.53 Å². The molecule has 0 aliphatic rings. The Morgan fingerprint density at radius 2 is 2.26 bits per heavy atom. The first-order valence-corrected chi connectivity index (χ1v) is 5.85. The molecule has 1 aromatic carbocycles. The number of hydrogen-bond donors (Lipinski definition) is 1. The van der Waals surface area contributed by atoms with Crippen molar-refractivity contribution in [2.45, 2.75) is 6.04 Å². The highest BCUT2D eigenvalue weighted by atomic mass is 16.5. The Bertz CT molecular complexity index is 626. The molecule has 1 unspecified atom stereocenters. The summed E-state index contributed by atoms with van der Waals surface area (Å²) in [7, 11) is 1.35. The van der Waals surface area contributed by atoms with Crippen molar-refractivity contribution in [1.29, 1.82) is 0 Å². The van der Waals surface area contributed by atoms with Crippen LogP contribution < -0.4 is 5.32 Å². The van der Waals surface area contributed by atoms with Crippen molar-refractivity contribution in [1.82, 2.24) is 10.3 Å². The third kappa shape index (κ3) is 2.72. The fourth-order valence-electron chi connectivity index (χ4n) is 1.97. The lowest BCUT2D eigenvalue weighted by molar-refractivity contribution is -0.143. The maximum atomic E-state index is 11.9. The van der Waals surface area contributed by atoms with Gasteiger partial charge in [-0.2, -0.15) is 0 Å². The first-order chi connectivity index (χ1) is 9.27. The summed E-state index contributed by atoms with van der Waals surface area (Å²) in [6, 6.07) is 7.12. The lowest BCUT2D eigenvalue weighted by Crippen LogP contribution is -2.30. The van der Waals surface area contributed by atoms with Gasteiger partial charge in [-0.05, 0) is 5.39 Å². The molecule has 0 bridgehead atoms. The van der Waals surface area contributed by atoms with E-state index in [9.17, 15) is 4.79 Å². The van der Waals surface area contributed by atoms with E-state index >= 15 is 0 Å². The SMILES string of the molecule is C#CCNC(C(=O)OC)c1cncc2ccccc12. The van der Waals surface area contributed by atoms with E-state index in [1.807, 2.05) is 24.3 Å². The van der Waals surface area contributed by atoms with Crippen molar-refractivity contribution >= 4 is 16.7 Å². The standard InChI is InChI=1S/C15H14N2O2/c1-3-8-17-14(15(18)19-2)13-10-16-9-11-6-4-5-7-12(11)13/h1,4-7,9-10,14,17H,8H2,2H3. The number of carbonyl (C=O) groups excluding carboxylic acids is 1. The van der Waals surface area contributed by atoms with Crippen LogP contribution in [0.1, 0.15) is 11.6 Å². The second kappa shape index (κ2) is 5.98. The fraction of sp³-hybridized carbons (Fsp3) is 0.200. The van der Waals surface area contributed by atoms with Crippen LogP contribution in [0, 0.1) is 12.3 Å². The molecule has 1 atom stereocenters. The molecular weight excluding hydrogens is 240 g/mol. The first kappa shape index (κ1) is 13.1. The lowest BCUT2D eigenvalue weighted by atomic mass is 10.0. The number of ether oxygens (including phenoxy) is 1. The lowest BCUT2D eigenvalue weighted by Gasteiger charge is -2.16. The number of carbonyl (C=O) groups is 1. The van der Waals surface area contributed by atoms with Gasteiger partial charge in [0.2, 0.25) is 0 Å². The minimum absolute atomic E-state index is 0.281. The van der Waals surface area contributed by atoms with Gasteiger partial charge in [0.15, 0.2) is 0 Å². The van der Waals surface area contributed by atoms with Crippen molar-refractivity contribution in [3.8, 4) is 12.3 Å². The van der Waals surface area contributed by atoms with Crippen LogP contribution in [0.5, 0.6) is 0 Å². The number of methoxy groups -OCH3 is 1. The molecule has 19 heavy (non-hydrogen) atoms. The smallest absolute Gasteiger partial charge is 0.327 e. The van der Waals surface area contributed by atoms with E-state index in [0.717, 1.165) is 16.3 Å². The van der Waals surface area contributed by atoms with Gasteiger partial charge in [-0.3, -0.25) is 10.3 Å². The first-order valence-electron chi connectivity index (χ1n) is 5.85. The molecule has 0 saturated heterocycles. The Kier molecular flexibility index (Phi) is 4.11. The molecule has 2 rings (SSSR count). The van der Waals surface area contributed by atoms with E-state index in [2.05, 4.69) is 16.2 Å². The van der Waals surface area contributed by atoms with Crippen LogP contribution in [0.4, 0.5) is 0 Å². The molecule has 0 amide bonds. The largest absolute Gasteiger partial charge is 0.468 e. The van der Waals surface area contributed by atoms with E-state index in [-0.39, 0.29) is 12.5 Å². The summed E-state index contributed by atoms with van der Waals surface area (Å²) in [5, 5.41) is 4.90. The number of aromatic nitrogens is 1. The fourth-order valence-corrected chi connectivity index (χ4v) is 1.97. The third-order valence-corrected chi connectivity index (χ3v) is 2.86. The van der Waals surface area contributed by atoms with Crippen LogP contribution >= 0.6 is 0 Å². The number of nitrogens with zero attached hydrogens (tertiary/aromatic N) is 1. The van der Waals surface area contributed by atoms with Crippen molar-refractivity contribution in [2.75, 3.05) is 13.7 Å². The quantitative estimate of drug-likeness (QED) is 0.666. The predicted molar refractivity (Wildman–Crippen MR) is 73.3 cm³/mol. The molecule has 4 nitrogen and oxygen atoms in total. The van der Waals surface area contributed by atoms with Gasteiger partial charge in [-0.1, -0.05) is 30.2 Å².